The van der Waals surface area contributed by atoms with E-state index in [2.05, 4.69) is 53.8 Å². The molecule has 0 heterocycles. The van der Waals surface area contributed by atoms with E-state index in [1.165, 1.54) is 6.42 Å². The van der Waals surface area contributed by atoms with Crippen molar-refractivity contribution < 1.29 is 0 Å². The van der Waals surface area contributed by atoms with Gasteiger partial charge in [0.15, 0.2) is 0 Å². The van der Waals surface area contributed by atoms with Gasteiger partial charge in [-0.25, -0.2) is 0 Å². The average Bonchev–Trinajstić information content (AvgIpc) is 2.11. The Morgan fingerprint density at radius 3 is 2.21 bits per heavy atom. The van der Waals surface area contributed by atoms with Gasteiger partial charge in [0.05, 0.1) is 0 Å². The maximum absolute atomic E-state index is 3.57. The molecule has 0 aliphatic rings. The molecule has 0 fully saturated rings. The van der Waals surface area contributed by atoms with Crippen molar-refractivity contribution in [3.63, 3.8) is 0 Å². The molecule has 2 atom stereocenters. The summed E-state index contributed by atoms with van der Waals surface area (Å²) in [5.41, 5.74) is 0. The Morgan fingerprint density at radius 2 is 1.79 bits per heavy atom. The first-order valence-electron chi connectivity index (χ1n) is 5.69. The fourth-order valence-corrected chi connectivity index (χ4v) is 2.14. The van der Waals surface area contributed by atoms with Crippen LogP contribution in [0.15, 0.2) is 0 Å². The molecular formula is C11H25BrN2. The standard InChI is InChI=1S/C11H25BrN2/c1-5-14(6-2)8-7-13-11(4)9-10(3)12/h10-11,13H,5-9H2,1-4H3. The van der Waals surface area contributed by atoms with Crippen molar-refractivity contribution in [3.05, 3.63) is 0 Å². The van der Waals surface area contributed by atoms with E-state index in [0.29, 0.717) is 10.9 Å². The van der Waals surface area contributed by atoms with Crippen molar-refractivity contribution in [2.45, 2.75) is 45.0 Å². The second-order valence-corrected chi connectivity index (χ2v) is 5.46. The second kappa shape index (κ2) is 8.69. The maximum atomic E-state index is 3.57. The van der Waals surface area contributed by atoms with Crippen molar-refractivity contribution in [3.8, 4) is 0 Å². The highest BCUT2D eigenvalue weighted by molar-refractivity contribution is 9.09. The molecule has 0 saturated carbocycles. The monoisotopic (exact) mass is 264 g/mol. The van der Waals surface area contributed by atoms with Gasteiger partial charge in [-0.15, -0.1) is 0 Å². The summed E-state index contributed by atoms with van der Waals surface area (Å²) < 4.78 is 0. The van der Waals surface area contributed by atoms with Gasteiger partial charge >= 0.3 is 0 Å². The van der Waals surface area contributed by atoms with Gasteiger partial charge in [0.2, 0.25) is 0 Å². The number of alkyl halides is 1. The SMILES string of the molecule is CCN(CC)CCNC(C)CC(C)Br. The van der Waals surface area contributed by atoms with E-state index in [1.54, 1.807) is 0 Å². The minimum atomic E-state index is 0.610. The Morgan fingerprint density at radius 1 is 1.21 bits per heavy atom. The molecule has 14 heavy (non-hydrogen) atoms. The van der Waals surface area contributed by atoms with Crippen LogP contribution in [-0.2, 0) is 0 Å². The van der Waals surface area contributed by atoms with Crippen molar-refractivity contribution in [1.29, 1.82) is 0 Å². The molecule has 0 radical (unpaired) electrons. The summed E-state index contributed by atoms with van der Waals surface area (Å²) in [4.78, 5) is 3.05. The van der Waals surface area contributed by atoms with Crippen molar-refractivity contribution >= 4 is 15.9 Å². The molecule has 1 N–H and O–H groups in total. The summed E-state index contributed by atoms with van der Waals surface area (Å²) >= 11 is 3.57. The third-order valence-corrected chi connectivity index (χ3v) is 2.87. The first-order chi connectivity index (χ1) is 6.60. The van der Waals surface area contributed by atoms with Crippen LogP contribution in [0.1, 0.15) is 34.1 Å². The van der Waals surface area contributed by atoms with Crippen LogP contribution >= 0.6 is 15.9 Å². The highest BCUT2D eigenvalue weighted by atomic mass is 79.9. The van der Waals surface area contributed by atoms with Gasteiger partial charge in [0, 0.05) is 24.0 Å². The third kappa shape index (κ3) is 7.77. The van der Waals surface area contributed by atoms with E-state index in [9.17, 15) is 0 Å². The fraction of sp³-hybridized carbons (Fsp3) is 1.00. The Kier molecular flexibility index (Phi) is 8.94. The summed E-state index contributed by atoms with van der Waals surface area (Å²) in [6.07, 6.45) is 1.19. The summed E-state index contributed by atoms with van der Waals surface area (Å²) in [5.74, 6) is 0. The molecule has 0 saturated heterocycles. The van der Waals surface area contributed by atoms with Crippen LogP contribution in [-0.4, -0.2) is 41.9 Å². The molecule has 2 nitrogen and oxygen atoms in total. The van der Waals surface area contributed by atoms with Crippen molar-refractivity contribution in [2.75, 3.05) is 26.2 Å². The van der Waals surface area contributed by atoms with Gasteiger partial charge in [-0.2, -0.15) is 0 Å². The van der Waals surface area contributed by atoms with Crippen LogP contribution in [0.3, 0.4) is 0 Å². The van der Waals surface area contributed by atoms with Gasteiger partial charge < -0.3 is 10.2 Å². The molecule has 0 spiro atoms. The third-order valence-electron chi connectivity index (χ3n) is 2.49. The minimum absolute atomic E-state index is 0.610. The van der Waals surface area contributed by atoms with Gasteiger partial charge in [-0.05, 0) is 26.4 Å². The van der Waals surface area contributed by atoms with Gasteiger partial charge in [-0.3, -0.25) is 0 Å². The predicted octanol–water partition coefficient (Wildman–Crippen LogP) is 2.48. The van der Waals surface area contributed by atoms with Gasteiger partial charge in [-0.1, -0.05) is 36.7 Å². The number of halogens is 1. The molecular weight excluding hydrogens is 240 g/mol. The highest BCUT2D eigenvalue weighted by Gasteiger charge is 2.05. The Bertz CT molecular complexity index is 124. The van der Waals surface area contributed by atoms with Crippen LogP contribution in [0.25, 0.3) is 0 Å². The van der Waals surface area contributed by atoms with Crippen molar-refractivity contribution in [2.24, 2.45) is 0 Å². The Hall–Kier alpha value is 0.400. The quantitative estimate of drug-likeness (QED) is 0.678. The molecule has 0 rings (SSSR count). The minimum Gasteiger partial charge on any atom is -0.313 e. The largest absolute Gasteiger partial charge is 0.313 e. The van der Waals surface area contributed by atoms with Crippen LogP contribution in [0.5, 0.6) is 0 Å². The predicted molar refractivity (Wildman–Crippen MR) is 68.3 cm³/mol. The van der Waals surface area contributed by atoms with Gasteiger partial charge in [0.25, 0.3) is 0 Å². The zero-order valence-corrected chi connectivity index (χ0v) is 11.6. The first-order valence-corrected chi connectivity index (χ1v) is 6.61. The van der Waals surface area contributed by atoms with Gasteiger partial charge in [0.1, 0.15) is 0 Å². The number of nitrogens with zero attached hydrogens (tertiary/aromatic N) is 1. The Balaban J connectivity index is 3.42. The lowest BCUT2D eigenvalue weighted by molar-refractivity contribution is 0.296. The maximum Gasteiger partial charge on any atom is 0.0132 e. The zero-order chi connectivity index (χ0) is 11.0. The molecule has 0 aromatic rings. The second-order valence-electron chi connectivity index (χ2n) is 3.90. The van der Waals surface area contributed by atoms with Crippen LogP contribution < -0.4 is 5.32 Å². The number of hydrogen-bond donors (Lipinski definition) is 1. The van der Waals surface area contributed by atoms with Crippen molar-refractivity contribution in [1.82, 2.24) is 10.2 Å². The fourth-order valence-electron chi connectivity index (χ4n) is 1.58. The normalized spacial score (nSPS) is 15.9. The van der Waals surface area contributed by atoms with Crippen LogP contribution in [0.4, 0.5) is 0 Å². The van der Waals surface area contributed by atoms with E-state index in [-0.39, 0.29) is 0 Å². The van der Waals surface area contributed by atoms with E-state index >= 15 is 0 Å². The molecule has 0 aromatic carbocycles. The summed E-state index contributed by atoms with van der Waals surface area (Å²) in [5, 5.41) is 3.54. The number of nitrogens with one attached hydrogen (secondary N) is 1. The smallest absolute Gasteiger partial charge is 0.0132 e. The molecule has 86 valence electrons. The summed E-state index contributed by atoms with van der Waals surface area (Å²) in [7, 11) is 0. The molecule has 0 aliphatic carbocycles. The molecule has 0 aliphatic heterocycles. The topological polar surface area (TPSA) is 15.3 Å². The summed E-state index contributed by atoms with van der Waals surface area (Å²) in [6, 6.07) is 0.611. The van der Waals surface area contributed by atoms with Crippen LogP contribution in [0.2, 0.25) is 0 Å². The van der Waals surface area contributed by atoms with E-state index in [1.807, 2.05) is 0 Å². The molecule has 0 bridgehead atoms. The van der Waals surface area contributed by atoms with E-state index in [4.69, 9.17) is 0 Å². The average molecular weight is 265 g/mol. The molecule has 2 unspecified atom stereocenters. The molecule has 0 aromatic heterocycles. The lowest BCUT2D eigenvalue weighted by Gasteiger charge is -2.20. The lowest BCUT2D eigenvalue weighted by Crippen LogP contribution is -2.36. The molecule has 0 amide bonds. The first kappa shape index (κ1) is 14.4. The van der Waals surface area contributed by atoms with Crippen LogP contribution in [0, 0.1) is 0 Å². The number of likely N-dealkylation sites (N-methyl/N-ethyl adjacent to an activating group) is 1. The van der Waals surface area contributed by atoms with E-state index < -0.39 is 0 Å². The lowest BCUT2D eigenvalue weighted by atomic mass is 10.2. The number of hydrogen-bond acceptors (Lipinski definition) is 2. The van der Waals surface area contributed by atoms with E-state index in [0.717, 1.165) is 26.2 Å². The summed E-state index contributed by atoms with van der Waals surface area (Å²) in [6.45, 7) is 13.4. The molecule has 3 heteroatoms. The number of rotatable bonds is 8. The highest BCUT2D eigenvalue weighted by Crippen LogP contribution is 2.06. The Labute approximate surface area is 97.6 Å². The zero-order valence-electron chi connectivity index (χ0n) is 10.0.